The summed E-state index contributed by atoms with van der Waals surface area (Å²) in [5, 5.41) is 9.38. The fourth-order valence-electron chi connectivity index (χ4n) is 2.75. The van der Waals surface area contributed by atoms with Crippen LogP contribution < -0.4 is 4.90 Å². The van der Waals surface area contributed by atoms with Gasteiger partial charge >= 0.3 is 0 Å². The maximum Gasteiger partial charge on any atom is 0.146 e. The largest absolute Gasteiger partial charge is 0.356 e. The van der Waals surface area contributed by atoms with E-state index in [9.17, 15) is 5.26 Å². The Hall–Kier alpha value is -1.56. The van der Waals surface area contributed by atoms with Crippen molar-refractivity contribution in [1.82, 2.24) is 4.98 Å². The molecule has 0 amide bonds. The Morgan fingerprint density at radius 2 is 2.11 bits per heavy atom. The van der Waals surface area contributed by atoms with Crippen LogP contribution in [0.5, 0.6) is 0 Å². The number of aryl methyl sites for hydroxylation is 2. The highest BCUT2D eigenvalue weighted by molar-refractivity contribution is 5.56. The molecule has 0 atom stereocenters. The third-order valence-electron chi connectivity index (χ3n) is 3.67. The van der Waals surface area contributed by atoms with Gasteiger partial charge in [0, 0.05) is 18.8 Å². The van der Waals surface area contributed by atoms with Crippen LogP contribution >= 0.6 is 0 Å². The topological polar surface area (TPSA) is 39.9 Å². The average molecular weight is 257 g/mol. The van der Waals surface area contributed by atoms with Gasteiger partial charge in [-0.1, -0.05) is 13.8 Å². The second-order valence-corrected chi connectivity index (χ2v) is 5.72. The van der Waals surface area contributed by atoms with Crippen molar-refractivity contribution in [2.24, 2.45) is 5.92 Å². The van der Waals surface area contributed by atoms with E-state index in [1.807, 2.05) is 0 Å². The minimum absolute atomic E-state index is 0.573. The minimum Gasteiger partial charge on any atom is -0.356 e. The predicted octanol–water partition coefficient (Wildman–Crippen LogP) is 3.31. The van der Waals surface area contributed by atoms with Gasteiger partial charge in [-0.25, -0.2) is 4.98 Å². The summed E-state index contributed by atoms with van der Waals surface area (Å²) < 4.78 is 0. The molecule has 0 aromatic carbocycles. The number of nitriles is 1. The summed E-state index contributed by atoms with van der Waals surface area (Å²) in [5.74, 6) is 1.46. The molecule has 0 spiro atoms. The molecule has 0 N–H and O–H groups in total. The van der Waals surface area contributed by atoms with Crippen molar-refractivity contribution in [3.63, 3.8) is 0 Å². The number of aromatic nitrogens is 1. The molecule has 19 heavy (non-hydrogen) atoms. The maximum absolute atomic E-state index is 9.38. The molecule has 3 heteroatoms. The third-order valence-corrected chi connectivity index (χ3v) is 3.67. The Bertz CT molecular complexity index is 486. The Balaban J connectivity index is 2.40. The van der Waals surface area contributed by atoms with Gasteiger partial charge < -0.3 is 4.90 Å². The normalized spacial score (nSPS) is 14.1. The van der Waals surface area contributed by atoms with E-state index in [-0.39, 0.29) is 0 Å². The average Bonchev–Trinajstić information content (AvgIpc) is 2.43. The van der Waals surface area contributed by atoms with Crippen LogP contribution in [0, 0.1) is 17.2 Å². The van der Waals surface area contributed by atoms with Crippen molar-refractivity contribution >= 4 is 5.82 Å². The molecule has 0 aliphatic heterocycles. The summed E-state index contributed by atoms with van der Waals surface area (Å²) in [5.41, 5.74) is 3.23. The van der Waals surface area contributed by atoms with Crippen molar-refractivity contribution in [3.05, 3.63) is 22.9 Å². The van der Waals surface area contributed by atoms with Crippen LogP contribution in [0.15, 0.2) is 6.07 Å². The van der Waals surface area contributed by atoms with Gasteiger partial charge in [0.05, 0.1) is 5.56 Å². The Kier molecular flexibility index (Phi) is 4.42. The van der Waals surface area contributed by atoms with E-state index in [4.69, 9.17) is 4.98 Å². The Labute approximate surface area is 116 Å². The van der Waals surface area contributed by atoms with E-state index in [0.717, 1.165) is 37.3 Å². The highest BCUT2D eigenvalue weighted by Gasteiger charge is 2.18. The van der Waals surface area contributed by atoms with Crippen molar-refractivity contribution < 1.29 is 0 Å². The van der Waals surface area contributed by atoms with E-state index in [2.05, 4.69) is 37.8 Å². The SMILES string of the molecule is CCN(CC(C)C)c1nc2c(cc1C#N)CCCC2. The lowest BCUT2D eigenvalue weighted by Gasteiger charge is -2.27. The smallest absolute Gasteiger partial charge is 0.146 e. The molecule has 0 unspecified atom stereocenters. The van der Waals surface area contributed by atoms with Crippen molar-refractivity contribution in [2.75, 3.05) is 18.0 Å². The van der Waals surface area contributed by atoms with Gasteiger partial charge in [0.25, 0.3) is 0 Å². The summed E-state index contributed by atoms with van der Waals surface area (Å²) in [4.78, 5) is 7.05. The Morgan fingerprint density at radius 3 is 2.74 bits per heavy atom. The second kappa shape index (κ2) is 6.06. The lowest BCUT2D eigenvalue weighted by molar-refractivity contribution is 0.609. The molecule has 0 saturated heterocycles. The first kappa shape index (κ1) is 13.9. The number of hydrogen-bond donors (Lipinski definition) is 0. The third kappa shape index (κ3) is 3.07. The number of fused-ring (bicyclic) bond motifs is 1. The second-order valence-electron chi connectivity index (χ2n) is 5.72. The molecule has 0 saturated carbocycles. The van der Waals surface area contributed by atoms with Crippen LogP contribution in [0.3, 0.4) is 0 Å². The van der Waals surface area contributed by atoms with Crippen molar-refractivity contribution in [2.45, 2.75) is 46.5 Å². The van der Waals surface area contributed by atoms with Crippen LogP contribution in [0.4, 0.5) is 5.82 Å². The van der Waals surface area contributed by atoms with Gasteiger partial charge in [0.1, 0.15) is 11.9 Å². The van der Waals surface area contributed by atoms with Gasteiger partial charge in [-0.2, -0.15) is 5.26 Å². The first-order valence-electron chi connectivity index (χ1n) is 7.33. The van der Waals surface area contributed by atoms with Crippen LogP contribution in [0.25, 0.3) is 0 Å². The number of hydrogen-bond acceptors (Lipinski definition) is 3. The number of nitrogens with zero attached hydrogens (tertiary/aromatic N) is 3. The molecule has 1 aliphatic rings. The van der Waals surface area contributed by atoms with E-state index in [1.54, 1.807) is 0 Å². The van der Waals surface area contributed by atoms with E-state index < -0.39 is 0 Å². The van der Waals surface area contributed by atoms with Crippen LogP contribution in [0.1, 0.15) is 50.4 Å². The zero-order valence-electron chi connectivity index (χ0n) is 12.2. The lowest BCUT2D eigenvalue weighted by atomic mass is 9.95. The minimum atomic E-state index is 0.573. The number of rotatable bonds is 4. The summed E-state index contributed by atoms with van der Waals surface area (Å²) in [6.45, 7) is 8.39. The summed E-state index contributed by atoms with van der Waals surface area (Å²) in [6, 6.07) is 4.40. The van der Waals surface area contributed by atoms with Crippen LogP contribution in [-0.2, 0) is 12.8 Å². The highest BCUT2D eigenvalue weighted by Crippen LogP contribution is 2.26. The monoisotopic (exact) mass is 257 g/mol. The molecular weight excluding hydrogens is 234 g/mol. The number of pyridine rings is 1. The van der Waals surface area contributed by atoms with Crippen molar-refractivity contribution in [3.8, 4) is 6.07 Å². The molecule has 1 heterocycles. The van der Waals surface area contributed by atoms with Crippen LogP contribution in [-0.4, -0.2) is 18.1 Å². The standard InChI is InChI=1S/C16H23N3/c1-4-19(11-12(2)3)16-14(10-17)9-13-7-5-6-8-15(13)18-16/h9,12H,4-8,11H2,1-3H3. The van der Waals surface area contributed by atoms with Gasteiger partial charge in [0.15, 0.2) is 0 Å². The molecule has 0 fully saturated rings. The summed E-state index contributed by atoms with van der Waals surface area (Å²) in [7, 11) is 0. The van der Waals surface area contributed by atoms with E-state index >= 15 is 0 Å². The molecule has 0 radical (unpaired) electrons. The molecule has 2 rings (SSSR count). The molecule has 1 aromatic heterocycles. The van der Waals surface area contributed by atoms with Gasteiger partial charge in [0.2, 0.25) is 0 Å². The van der Waals surface area contributed by atoms with Gasteiger partial charge in [-0.3, -0.25) is 0 Å². The first-order chi connectivity index (χ1) is 9.15. The van der Waals surface area contributed by atoms with E-state index in [0.29, 0.717) is 5.92 Å². The number of anilines is 1. The molecule has 3 nitrogen and oxygen atoms in total. The molecule has 1 aromatic rings. The fraction of sp³-hybridized carbons (Fsp3) is 0.625. The van der Waals surface area contributed by atoms with Crippen molar-refractivity contribution in [1.29, 1.82) is 5.26 Å². The van der Waals surface area contributed by atoms with E-state index in [1.165, 1.54) is 24.1 Å². The maximum atomic E-state index is 9.38. The zero-order valence-corrected chi connectivity index (χ0v) is 12.2. The van der Waals surface area contributed by atoms with Crippen LogP contribution in [0.2, 0.25) is 0 Å². The summed E-state index contributed by atoms with van der Waals surface area (Å²) >= 11 is 0. The lowest BCUT2D eigenvalue weighted by Crippen LogP contribution is -2.29. The van der Waals surface area contributed by atoms with Gasteiger partial charge in [-0.05, 0) is 50.2 Å². The first-order valence-corrected chi connectivity index (χ1v) is 7.33. The zero-order chi connectivity index (χ0) is 13.8. The highest BCUT2D eigenvalue weighted by atomic mass is 15.2. The Morgan fingerprint density at radius 1 is 1.37 bits per heavy atom. The predicted molar refractivity (Wildman–Crippen MR) is 78.3 cm³/mol. The molecule has 102 valence electrons. The molecular formula is C16H23N3. The molecule has 0 bridgehead atoms. The summed E-state index contributed by atoms with van der Waals surface area (Å²) in [6.07, 6.45) is 4.59. The fourth-order valence-corrected chi connectivity index (χ4v) is 2.75. The van der Waals surface area contributed by atoms with Gasteiger partial charge in [-0.15, -0.1) is 0 Å². The quantitative estimate of drug-likeness (QED) is 0.830. The molecule has 1 aliphatic carbocycles.